The van der Waals surface area contributed by atoms with E-state index in [0.29, 0.717) is 23.7 Å². The van der Waals surface area contributed by atoms with Crippen molar-refractivity contribution in [2.75, 3.05) is 32.6 Å². The number of carbonyl (C=O) groups is 1. The average molecular weight is 398 g/mol. The second-order valence-corrected chi connectivity index (χ2v) is 7.82. The monoisotopic (exact) mass is 397 g/mol. The normalized spacial score (nSPS) is 17.0. The topological polar surface area (TPSA) is 63.7 Å². The highest BCUT2D eigenvalue weighted by Crippen LogP contribution is 2.36. The number of amides is 1. The maximum absolute atomic E-state index is 12.7. The van der Waals surface area contributed by atoms with E-state index in [0.717, 1.165) is 29.9 Å². The van der Waals surface area contributed by atoms with Crippen LogP contribution in [-0.4, -0.2) is 43.1 Å². The van der Waals surface area contributed by atoms with Crippen LogP contribution in [0, 0.1) is 0 Å². The lowest BCUT2D eigenvalue weighted by Crippen LogP contribution is -2.33. The summed E-state index contributed by atoms with van der Waals surface area (Å²) in [6.45, 7) is 1.23. The van der Waals surface area contributed by atoms with Gasteiger partial charge in [0.1, 0.15) is 16.5 Å². The Bertz CT molecular complexity index is 955. The Labute approximate surface area is 168 Å². The van der Waals surface area contributed by atoms with E-state index in [1.165, 1.54) is 4.70 Å². The summed E-state index contributed by atoms with van der Waals surface area (Å²) in [6.07, 6.45) is 2.10. The van der Waals surface area contributed by atoms with Gasteiger partial charge in [-0.3, -0.25) is 9.69 Å². The summed E-state index contributed by atoms with van der Waals surface area (Å²) in [4.78, 5) is 19.7. The fourth-order valence-electron chi connectivity index (χ4n) is 3.60. The van der Waals surface area contributed by atoms with Crippen LogP contribution in [0.4, 0.5) is 5.69 Å². The third kappa shape index (κ3) is 3.81. The Morgan fingerprint density at radius 1 is 1.25 bits per heavy atom. The molecule has 1 amide bonds. The lowest BCUT2D eigenvalue weighted by molar-refractivity contribution is -0.117. The van der Waals surface area contributed by atoms with Gasteiger partial charge in [-0.05, 0) is 43.7 Å². The van der Waals surface area contributed by atoms with Gasteiger partial charge in [0, 0.05) is 6.07 Å². The Kier molecular flexibility index (Phi) is 5.45. The third-order valence-electron chi connectivity index (χ3n) is 4.99. The number of thiazole rings is 1. The van der Waals surface area contributed by atoms with Gasteiger partial charge in [0.2, 0.25) is 5.91 Å². The van der Waals surface area contributed by atoms with Gasteiger partial charge in [-0.25, -0.2) is 4.98 Å². The van der Waals surface area contributed by atoms with Crippen molar-refractivity contribution in [3.05, 3.63) is 47.5 Å². The zero-order valence-corrected chi connectivity index (χ0v) is 16.8. The van der Waals surface area contributed by atoms with Crippen LogP contribution in [0.25, 0.3) is 10.2 Å². The highest BCUT2D eigenvalue weighted by atomic mass is 32.1. The molecule has 1 aromatic heterocycles. The molecule has 3 aromatic rings. The number of benzene rings is 2. The van der Waals surface area contributed by atoms with Crippen LogP contribution in [-0.2, 0) is 4.79 Å². The summed E-state index contributed by atoms with van der Waals surface area (Å²) in [5.74, 6) is 1.21. The van der Waals surface area contributed by atoms with Crippen molar-refractivity contribution in [3.8, 4) is 11.5 Å². The van der Waals surface area contributed by atoms with Crippen molar-refractivity contribution in [3.63, 3.8) is 0 Å². The van der Waals surface area contributed by atoms with E-state index in [2.05, 4.69) is 16.3 Å². The number of hydrogen-bond acceptors (Lipinski definition) is 6. The van der Waals surface area contributed by atoms with Crippen LogP contribution in [0.5, 0.6) is 11.5 Å². The standard InChI is InChI=1S/C21H23N3O3S/c1-26-14-9-10-15(18(12-14)27-2)22-20(25)13-24-11-5-7-17(24)21-23-16-6-3-4-8-19(16)28-21/h3-4,6,8-10,12,17H,5,7,11,13H2,1-2H3,(H,22,25)/t17-/m1/s1. The zero-order valence-electron chi connectivity index (χ0n) is 16.0. The smallest absolute Gasteiger partial charge is 0.238 e. The molecule has 0 unspecified atom stereocenters. The van der Waals surface area contributed by atoms with Crippen LogP contribution in [0.1, 0.15) is 23.9 Å². The number of nitrogens with one attached hydrogen (secondary N) is 1. The molecule has 1 N–H and O–H groups in total. The van der Waals surface area contributed by atoms with Gasteiger partial charge in [0.05, 0.1) is 42.7 Å². The van der Waals surface area contributed by atoms with Crippen molar-refractivity contribution in [2.24, 2.45) is 0 Å². The largest absolute Gasteiger partial charge is 0.497 e. The number of hydrogen-bond donors (Lipinski definition) is 1. The fraction of sp³-hybridized carbons (Fsp3) is 0.333. The summed E-state index contributed by atoms with van der Waals surface area (Å²) in [5, 5.41) is 4.05. The number of carbonyl (C=O) groups excluding carboxylic acids is 1. The Balaban J connectivity index is 1.46. The van der Waals surface area contributed by atoms with Crippen molar-refractivity contribution in [1.82, 2.24) is 9.88 Å². The Hall–Kier alpha value is -2.64. The van der Waals surface area contributed by atoms with Gasteiger partial charge in [-0.15, -0.1) is 11.3 Å². The van der Waals surface area contributed by atoms with Crippen LogP contribution in [0.2, 0.25) is 0 Å². The molecular formula is C21H23N3O3S. The number of likely N-dealkylation sites (tertiary alicyclic amines) is 1. The summed E-state index contributed by atoms with van der Waals surface area (Å²) >= 11 is 1.72. The molecule has 6 nitrogen and oxygen atoms in total. The number of rotatable bonds is 6. The maximum atomic E-state index is 12.7. The van der Waals surface area contributed by atoms with Gasteiger partial charge in [0.25, 0.3) is 0 Å². The maximum Gasteiger partial charge on any atom is 0.238 e. The summed E-state index contributed by atoms with van der Waals surface area (Å²) in [5.41, 5.74) is 1.67. The number of nitrogens with zero attached hydrogens (tertiary/aromatic N) is 2. The molecule has 4 rings (SSSR count). The highest BCUT2D eigenvalue weighted by Gasteiger charge is 2.30. The van der Waals surface area contributed by atoms with Gasteiger partial charge in [-0.1, -0.05) is 12.1 Å². The predicted octanol–water partition coefficient (Wildman–Crippen LogP) is 4.09. The Morgan fingerprint density at radius 3 is 2.89 bits per heavy atom. The van der Waals surface area contributed by atoms with Crippen molar-refractivity contribution < 1.29 is 14.3 Å². The van der Waals surface area contributed by atoms with Gasteiger partial charge in [-0.2, -0.15) is 0 Å². The van der Waals surface area contributed by atoms with E-state index < -0.39 is 0 Å². The molecule has 0 aliphatic carbocycles. The average Bonchev–Trinajstić information content (AvgIpc) is 3.34. The van der Waals surface area contributed by atoms with Crippen LogP contribution in [0.15, 0.2) is 42.5 Å². The van der Waals surface area contributed by atoms with Crippen LogP contribution < -0.4 is 14.8 Å². The molecule has 1 atom stereocenters. The molecule has 146 valence electrons. The quantitative estimate of drug-likeness (QED) is 0.679. The Morgan fingerprint density at radius 2 is 2.11 bits per heavy atom. The summed E-state index contributed by atoms with van der Waals surface area (Å²) in [6, 6.07) is 13.7. The number of para-hydroxylation sites is 1. The molecule has 2 aromatic carbocycles. The van der Waals surface area contributed by atoms with E-state index in [1.54, 1.807) is 43.8 Å². The number of methoxy groups -OCH3 is 2. The van der Waals surface area contributed by atoms with Gasteiger partial charge in [0.15, 0.2) is 0 Å². The molecule has 1 saturated heterocycles. The first kappa shape index (κ1) is 18.7. The van der Waals surface area contributed by atoms with Crippen molar-refractivity contribution >= 4 is 33.1 Å². The third-order valence-corrected chi connectivity index (χ3v) is 6.13. The van der Waals surface area contributed by atoms with E-state index >= 15 is 0 Å². The number of aromatic nitrogens is 1. The minimum absolute atomic E-state index is 0.0588. The molecule has 7 heteroatoms. The summed E-state index contributed by atoms with van der Waals surface area (Å²) < 4.78 is 11.8. The first-order valence-corrected chi connectivity index (χ1v) is 10.1. The molecule has 28 heavy (non-hydrogen) atoms. The second-order valence-electron chi connectivity index (χ2n) is 6.76. The van der Waals surface area contributed by atoms with Crippen LogP contribution >= 0.6 is 11.3 Å². The number of ether oxygens (including phenoxy) is 2. The second kappa shape index (κ2) is 8.16. The molecule has 0 bridgehead atoms. The molecule has 0 spiro atoms. The van der Waals surface area contributed by atoms with Gasteiger partial charge < -0.3 is 14.8 Å². The molecular weight excluding hydrogens is 374 g/mol. The molecule has 0 saturated carbocycles. The number of fused-ring (bicyclic) bond motifs is 1. The van der Waals surface area contributed by atoms with Crippen molar-refractivity contribution in [1.29, 1.82) is 0 Å². The molecule has 1 fully saturated rings. The lowest BCUT2D eigenvalue weighted by atomic mass is 10.2. The lowest BCUT2D eigenvalue weighted by Gasteiger charge is -2.22. The first-order chi connectivity index (χ1) is 13.7. The zero-order chi connectivity index (χ0) is 19.5. The van der Waals surface area contributed by atoms with E-state index in [-0.39, 0.29) is 11.9 Å². The predicted molar refractivity (Wildman–Crippen MR) is 111 cm³/mol. The molecule has 0 radical (unpaired) electrons. The van der Waals surface area contributed by atoms with E-state index in [9.17, 15) is 4.79 Å². The fourth-order valence-corrected chi connectivity index (χ4v) is 4.74. The SMILES string of the molecule is COc1ccc(NC(=O)CN2CCC[C@@H]2c2nc3ccccc3s2)c(OC)c1. The van der Waals surface area contributed by atoms with E-state index in [1.807, 2.05) is 18.2 Å². The molecule has 2 heterocycles. The van der Waals surface area contributed by atoms with E-state index in [4.69, 9.17) is 14.5 Å². The number of anilines is 1. The van der Waals surface area contributed by atoms with Crippen LogP contribution in [0.3, 0.4) is 0 Å². The van der Waals surface area contributed by atoms with Gasteiger partial charge >= 0.3 is 0 Å². The summed E-state index contributed by atoms with van der Waals surface area (Å²) in [7, 11) is 3.18. The first-order valence-electron chi connectivity index (χ1n) is 9.29. The molecule has 1 aliphatic rings. The minimum Gasteiger partial charge on any atom is -0.497 e. The molecule has 1 aliphatic heterocycles. The highest BCUT2D eigenvalue weighted by molar-refractivity contribution is 7.18. The minimum atomic E-state index is -0.0588. The van der Waals surface area contributed by atoms with Crippen molar-refractivity contribution in [2.45, 2.75) is 18.9 Å².